The van der Waals surface area contributed by atoms with Gasteiger partial charge in [0, 0.05) is 56.6 Å². The SMILES string of the molecule is CCC/C=N/C1=C(C=N)C(=O)N(c2cccc(-n3cc(CNC)cn3)c2)CCN1C. The molecule has 0 saturated carbocycles. The summed E-state index contributed by atoms with van der Waals surface area (Å²) < 4.78 is 1.80. The zero-order chi connectivity index (χ0) is 21.5. The fourth-order valence-electron chi connectivity index (χ4n) is 3.33. The molecule has 1 aromatic carbocycles. The van der Waals surface area contributed by atoms with Crippen molar-refractivity contribution in [2.75, 3.05) is 32.1 Å². The van der Waals surface area contributed by atoms with Gasteiger partial charge in [0.15, 0.2) is 0 Å². The molecule has 8 nitrogen and oxygen atoms in total. The molecule has 1 aliphatic heterocycles. The predicted octanol–water partition coefficient (Wildman–Crippen LogP) is 2.60. The van der Waals surface area contributed by atoms with Gasteiger partial charge in [-0.2, -0.15) is 5.10 Å². The van der Waals surface area contributed by atoms with Crippen LogP contribution in [-0.2, 0) is 11.3 Å². The summed E-state index contributed by atoms with van der Waals surface area (Å²) in [7, 11) is 3.80. The van der Waals surface area contributed by atoms with Gasteiger partial charge in [-0.1, -0.05) is 19.4 Å². The molecular formula is C22H29N7O. The minimum atomic E-state index is -0.216. The summed E-state index contributed by atoms with van der Waals surface area (Å²) in [5.74, 6) is 0.331. The number of unbranched alkanes of at least 4 members (excludes halogenated alkanes) is 1. The summed E-state index contributed by atoms with van der Waals surface area (Å²) in [6.07, 6.45) is 8.54. The Labute approximate surface area is 177 Å². The Morgan fingerprint density at radius 1 is 1.30 bits per heavy atom. The Morgan fingerprint density at radius 3 is 2.83 bits per heavy atom. The number of hydrogen-bond acceptors (Lipinski definition) is 6. The van der Waals surface area contributed by atoms with Crippen LogP contribution >= 0.6 is 0 Å². The van der Waals surface area contributed by atoms with E-state index in [-0.39, 0.29) is 5.91 Å². The average Bonchev–Trinajstić information content (AvgIpc) is 3.18. The fraction of sp³-hybridized carbons (Fsp3) is 0.364. The molecule has 3 rings (SSSR count). The Morgan fingerprint density at radius 2 is 2.10 bits per heavy atom. The number of rotatable bonds is 8. The van der Waals surface area contributed by atoms with Gasteiger partial charge in [-0.15, -0.1) is 0 Å². The van der Waals surface area contributed by atoms with E-state index in [9.17, 15) is 4.79 Å². The number of amides is 1. The molecule has 158 valence electrons. The molecule has 30 heavy (non-hydrogen) atoms. The number of carbonyl (C=O) groups excluding carboxylic acids is 1. The standard InChI is InChI=1S/C22H29N7O/c1-4-5-9-25-21-20(13-23)22(30)28(11-10-27(21)3)18-7-6-8-19(12-18)29-16-17(14-24-2)15-26-29/h6-9,12-13,15-16,23-24H,4-5,10-11,14H2,1-3H3/b23-13?,25-9+. The summed E-state index contributed by atoms with van der Waals surface area (Å²) >= 11 is 0. The molecule has 2 N–H and O–H groups in total. The van der Waals surface area contributed by atoms with Crippen LogP contribution < -0.4 is 10.2 Å². The van der Waals surface area contributed by atoms with Crippen LogP contribution in [0.4, 0.5) is 5.69 Å². The van der Waals surface area contributed by atoms with E-state index in [0.717, 1.165) is 42.5 Å². The van der Waals surface area contributed by atoms with E-state index >= 15 is 0 Å². The van der Waals surface area contributed by atoms with Crippen molar-refractivity contribution < 1.29 is 4.79 Å². The molecule has 0 fully saturated rings. The van der Waals surface area contributed by atoms with E-state index in [1.165, 1.54) is 0 Å². The molecule has 8 heteroatoms. The van der Waals surface area contributed by atoms with Crippen molar-refractivity contribution >= 4 is 24.0 Å². The quantitative estimate of drug-likeness (QED) is 0.658. The minimum absolute atomic E-state index is 0.216. The van der Waals surface area contributed by atoms with Gasteiger partial charge in [0.2, 0.25) is 0 Å². The van der Waals surface area contributed by atoms with Crippen LogP contribution in [0.3, 0.4) is 0 Å². The van der Waals surface area contributed by atoms with Crippen LogP contribution in [0.1, 0.15) is 25.3 Å². The Kier molecular flexibility index (Phi) is 7.13. The van der Waals surface area contributed by atoms with Gasteiger partial charge < -0.3 is 20.5 Å². The molecule has 0 unspecified atom stereocenters. The van der Waals surface area contributed by atoms with E-state index in [0.29, 0.717) is 24.5 Å². The van der Waals surface area contributed by atoms with Crippen molar-refractivity contribution in [1.82, 2.24) is 20.0 Å². The maximum absolute atomic E-state index is 13.3. The topological polar surface area (TPSA) is 89.6 Å². The molecule has 1 amide bonds. The van der Waals surface area contributed by atoms with Gasteiger partial charge in [0.25, 0.3) is 5.91 Å². The summed E-state index contributed by atoms with van der Waals surface area (Å²) in [6.45, 7) is 3.95. The van der Waals surface area contributed by atoms with Crippen LogP contribution in [0, 0.1) is 5.41 Å². The second kappa shape index (κ2) is 9.98. The second-order valence-corrected chi connectivity index (χ2v) is 7.20. The maximum Gasteiger partial charge on any atom is 0.263 e. The van der Waals surface area contributed by atoms with Gasteiger partial charge in [0.05, 0.1) is 17.5 Å². The molecule has 1 aromatic heterocycles. The first-order valence-corrected chi connectivity index (χ1v) is 10.2. The van der Waals surface area contributed by atoms with E-state index in [1.54, 1.807) is 9.58 Å². The largest absolute Gasteiger partial charge is 0.357 e. The highest BCUT2D eigenvalue weighted by Crippen LogP contribution is 2.24. The third-order valence-electron chi connectivity index (χ3n) is 4.94. The lowest BCUT2D eigenvalue weighted by molar-refractivity contribution is -0.114. The highest BCUT2D eigenvalue weighted by Gasteiger charge is 2.27. The number of anilines is 1. The Balaban J connectivity index is 1.93. The van der Waals surface area contributed by atoms with Crippen LogP contribution in [0.15, 0.2) is 53.0 Å². The zero-order valence-electron chi connectivity index (χ0n) is 17.8. The smallest absolute Gasteiger partial charge is 0.263 e. The van der Waals surface area contributed by atoms with E-state index < -0.39 is 0 Å². The van der Waals surface area contributed by atoms with Crippen molar-refractivity contribution in [2.45, 2.75) is 26.3 Å². The zero-order valence-corrected chi connectivity index (χ0v) is 17.8. The first kappa shape index (κ1) is 21.4. The summed E-state index contributed by atoms with van der Waals surface area (Å²) in [5, 5.41) is 15.4. The van der Waals surface area contributed by atoms with Gasteiger partial charge >= 0.3 is 0 Å². The number of nitrogens with one attached hydrogen (secondary N) is 2. The van der Waals surface area contributed by atoms with E-state index in [1.807, 2.05) is 61.9 Å². The molecule has 0 atom stereocenters. The van der Waals surface area contributed by atoms with Gasteiger partial charge in [0.1, 0.15) is 5.82 Å². The molecule has 1 aliphatic rings. The molecule has 0 bridgehead atoms. The number of benzene rings is 1. The number of aromatic nitrogens is 2. The first-order valence-electron chi connectivity index (χ1n) is 10.2. The summed E-state index contributed by atoms with van der Waals surface area (Å²) in [5.41, 5.74) is 3.03. The monoisotopic (exact) mass is 407 g/mol. The lowest BCUT2D eigenvalue weighted by atomic mass is 10.2. The molecule has 0 aliphatic carbocycles. The van der Waals surface area contributed by atoms with Crippen molar-refractivity contribution in [3.63, 3.8) is 0 Å². The van der Waals surface area contributed by atoms with Crippen molar-refractivity contribution in [3.05, 3.63) is 53.6 Å². The van der Waals surface area contributed by atoms with Gasteiger partial charge in [-0.05, 0) is 31.7 Å². The second-order valence-electron chi connectivity index (χ2n) is 7.20. The third-order valence-corrected chi connectivity index (χ3v) is 4.94. The number of likely N-dealkylation sites (N-methyl/N-ethyl adjacent to an activating group) is 1. The summed E-state index contributed by atoms with van der Waals surface area (Å²) in [4.78, 5) is 21.4. The van der Waals surface area contributed by atoms with E-state index in [2.05, 4.69) is 22.3 Å². The van der Waals surface area contributed by atoms with Crippen LogP contribution in [0.25, 0.3) is 5.69 Å². The fourth-order valence-corrected chi connectivity index (χ4v) is 3.33. The molecule has 0 spiro atoms. The van der Waals surface area contributed by atoms with Crippen LogP contribution in [-0.4, -0.2) is 60.2 Å². The normalized spacial score (nSPS) is 15.2. The first-order chi connectivity index (χ1) is 14.6. The van der Waals surface area contributed by atoms with Crippen molar-refractivity contribution in [3.8, 4) is 5.69 Å². The van der Waals surface area contributed by atoms with Crippen molar-refractivity contribution in [1.29, 1.82) is 5.41 Å². The molecular weight excluding hydrogens is 378 g/mol. The average molecular weight is 408 g/mol. The molecule has 0 saturated heterocycles. The van der Waals surface area contributed by atoms with Crippen LogP contribution in [0.2, 0.25) is 0 Å². The molecule has 2 aromatic rings. The third kappa shape index (κ3) is 4.65. The number of carbonyl (C=O) groups is 1. The lowest BCUT2D eigenvalue weighted by Crippen LogP contribution is -2.34. The Bertz CT molecular complexity index is 960. The Hall–Kier alpha value is -3.26. The summed E-state index contributed by atoms with van der Waals surface area (Å²) in [6, 6.07) is 7.73. The van der Waals surface area contributed by atoms with Crippen LogP contribution in [0.5, 0.6) is 0 Å². The lowest BCUT2D eigenvalue weighted by Gasteiger charge is -2.22. The maximum atomic E-state index is 13.3. The number of aliphatic imine (C=N–C) groups is 1. The minimum Gasteiger partial charge on any atom is -0.357 e. The van der Waals surface area contributed by atoms with Crippen molar-refractivity contribution in [2.24, 2.45) is 4.99 Å². The molecule has 2 heterocycles. The highest BCUT2D eigenvalue weighted by atomic mass is 16.2. The van der Waals surface area contributed by atoms with Gasteiger partial charge in [-0.3, -0.25) is 4.79 Å². The predicted molar refractivity (Wildman–Crippen MR) is 121 cm³/mol. The molecule has 0 radical (unpaired) electrons. The number of nitrogens with zero attached hydrogens (tertiary/aromatic N) is 5. The highest BCUT2D eigenvalue weighted by molar-refractivity contribution is 6.19. The van der Waals surface area contributed by atoms with Gasteiger partial charge in [-0.25, -0.2) is 9.67 Å². The van der Waals surface area contributed by atoms with E-state index in [4.69, 9.17) is 5.41 Å². The number of hydrogen-bond donors (Lipinski definition) is 2.